The summed E-state index contributed by atoms with van der Waals surface area (Å²) in [5.41, 5.74) is 0.725. The number of likely N-dealkylation sites (tertiary alicyclic amines) is 1. The van der Waals surface area contributed by atoms with Crippen LogP contribution >= 0.6 is 11.3 Å². The van der Waals surface area contributed by atoms with E-state index in [1.165, 1.54) is 11.3 Å². The second kappa shape index (κ2) is 5.81. The third-order valence-corrected chi connectivity index (χ3v) is 5.69. The van der Waals surface area contributed by atoms with Gasteiger partial charge >= 0.3 is 0 Å². The van der Waals surface area contributed by atoms with Gasteiger partial charge in [-0.15, -0.1) is 11.3 Å². The van der Waals surface area contributed by atoms with Gasteiger partial charge in [0.1, 0.15) is 0 Å². The van der Waals surface area contributed by atoms with Gasteiger partial charge in [0.25, 0.3) is 11.8 Å². The molecule has 4 nitrogen and oxygen atoms in total. The van der Waals surface area contributed by atoms with Crippen LogP contribution in [-0.4, -0.2) is 35.3 Å². The maximum absolute atomic E-state index is 12.7. The molecule has 2 heterocycles. The minimum Gasteiger partial charge on any atom is -0.347 e. The molecule has 1 saturated carbocycles. The van der Waals surface area contributed by atoms with E-state index in [9.17, 15) is 9.59 Å². The summed E-state index contributed by atoms with van der Waals surface area (Å²) in [7, 11) is 0. The van der Waals surface area contributed by atoms with Crippen molar-refractivity contribution in [2.45, 2.75) is 24.9 Å². The molecule has 0 radical (unpaired) electrons. The van der Waals surface area contributed by atoms with Crippen molar-refractivity contribution in [3.63, 3.8) is 0 Å². The van der Waals surface area contributed by atoms with Crippen LogP contribution in [0.5, 0.6) is 0 Å². The van der Waals surface area contributed by atoms with Gasteiger partial charge < -0.3 is 10.2 Å². The van der Waals surface area contributed by atoms with Crippen molar-refractivity contribution in [1.29, 1.82) is 0 Å². The number of benzene rings is 1. The lowest BCUT2D eigenvalue weighted by molar-refractivity contribution is 0.0649. The third-order valence-electron chi connectivity index (χ3n) is 4.82. The first kappa shape index (κ1) is 14.5. The Morgan fingerprint density at radius 1 is 1.09 bits per heavy atom. The van der Waals surface area contributed by atoms with Crippen molar-refractivity contribution < 1.29 is 9.59 Å². The molecule has 2 aliphatic rings. The third kappa shape index (κ3) is 2.65. The van der Waals surface area contributed by atoms with Crippen LogP contribution in [0.1, 0.15) is 32.9 Å². The summed E-state index contributed by atoms with van der Waals surface area (Å²) in [5, 5.41) is 5.03. The number of amides is 2. The van der Waals surface area contributed by atoms with Gasteiger partial charge in [0.2, 0.25) is 0 Å². The SMILES string of the molecule is O=C(N[C@H]1C[C@@H]2C[C@H]1N(C(=O)c1ccccc1)C2)c1cccs1. The van der Waals surface area contributed by atoms with Gasteiger partial charge in [-0.05, 0) is 42.3 Å². The Morgan fingerprint density at radius 2 is 1.91 bits per heavy atom. The summed E-state index contributed by atoms with van der Waals surface area (Å²) in [6.45, 7) is 0.809. The quantitative estimate of drug-likeness (QED) is 0.943. The maximum atomic E-state index is 12.7. The highest BCUT2D eigenvalue weighted by atomic mass is 32.1. The zero-order chi connectivity index (χ0) is 15.8. The van der Waals surface area contributed by atoms with Crippen molar-refractivity contribution in [2.24, 2.45) is 5.92 Å². The van der Waals surface area contributed by atoms with Gasteiger partial charge in [-0.2, -0.15) is 0 Å². The molecule has 2 aromatic rings. The van der Waals surface area contributed by atoms with E-state index in [4.69, 9.17) is 0 Å². The molecule has 1 N–H and O–H groups in total. The molecule has 4 rings (SSSR count). The molecular weight excluding hydrogens is 308 g/mol. The Hall–Kier alpha value is -2.14. The second-order valence-corrected chi connectivity index (χ2v) is 7.23. The van der Waals surface area contributed by atoms with E-state index in [0.29, 0.717) is 5.92 Å². The topological polar surface area (TPSA) is 49.4 Å². The van der Waals surface area contributed by atoms with Crippen molar-refractivity contribution in [1.82, 2.24) is 10.2 Å². The van der Waals surface area contributed by atoms with Crippen molar-refractivity contribution in [2.75, 3.05) is 6.54 Å². The van der Waals surface area contributed by atoms with E-state index in [1.54, 1.807) is 0 Å². The molecular formula is C18H18N2O2S. The van der Waals surface area contributed by atoms with E-state index < -0.39 is 0 Å². The standard InChI is InChI=1S/C18H18N2O2S/c21-17(16-7-4-8-23-16)19-14-9-12-10-15(14)20(11-12)18(22)13-5-2-1-3-6-13/h1-8,12,14-15H,9-11H2,(H,19,21)/t12-,14+,15-/m1/s1. The van der Waals surface area contributed by atoms with Crippen LogP contribution < -0.4 is 5.32 Å². The minimum atomic E-state index is -0.0235. The lowest BCUT2D eigenvalue weighted by Gasteiger charge is -2.33. The summed E-state index contributed by atoms with van der Waals surface area (Å²) in [4.78, 5) is 27.7. The molecule has 1 aliphatic heterocycles. The van der Waals surface area contributed by atoms with E-state index >= 15 is 0 Å². The number of nitrogens with one attached hydrogen (secondary N) is 1. The Balaban J connectivity index is 1.48. The van der Waals surface area contributed by atoms with E-state index in [1.807, 2.05) is 52.7 Å². The number of nitrogens with zero attached hydrogens (tertiary/aromatic N) is 1. The molecule has 1 aromatic carbocycles. The fourth-order valence-corrected chi connectivity index (χ4v) is 4.43. The first-order valence-corrected chi connectivity index (χ1v) is 8.81. The normalized spacial score (nSPS) is 25.6. The number of fused-ring (bicyclic) bond motifs is 2. The van der Waals surface area contributed by atoms with Crippen LogP contribution in [-0.2, 0) is 0 Å². The number of thiophene rings is 1. The van der Waals surface area contributed by atoms with Gasteiger partial charge in [-0.25, -0.2) is 0 Å². The molecule has 0 unspecified atom stereocenters. The van der Waals surface area contributed by atoms with Crippen LogP contribution in [0, 0.1) is 5.92 Å². The molecule has 2 fully saturated rings. The number of carbonyl (C=O) groups excluding carboxylic acids is 2. The molecule has 2 amide bonds. The van der Waals surface area contributed by atoms with Crippen LogP contribution in [0.25, 0.3) is 0 Å². The molecule has 118 valence electrons. The maximum Gasteiger partial charge on any atom is 0.261 e. The number of piperidine rings is 1. The Labute approximate surface area is 139 Å². The largest absolute Gasteiger partial charge is 0.347 e. The number of carbonyl (C=O) groups is 2. The predicted octanol–water partition coefficient (Wildman–Crippen LogP) is 2.78. The first-order chi connectivity index (χ1) is 11.2. The van der Waals surface area contributed by atoms with Gasteiger partial charge in [0, 0.05) is 18.2 Å². The highest BCUT2D eigenvalue weighted by Crippen LogP contribution is 2.38. The molecule has 1 aliphatic carbocycles. The zero-order valence-electron chi connectivity index (χ0n) is 12.6. The average Bonchev–Trinajstić information content (AvgIpc) is 3.31. The average molecular weight is 326 g/mol. The highest BCUT2D eigenvalue weighted by molar-refractivity contribution is 7.12. The van der Waals surface area contributed by atoms with Crippen LogP contribution in [0.4, 0.5) is 0 Å². The van der Waals surface area contributed by atoms with E-state index in [2.05, 4.69) is 5.32 Å². The zero-order valence-corrected chi connectivity index (χ0v) is 13.5. The molecule has 5 heteroatoms. The predicted molar refractivity (Wildman–Crippen MR) is 89.6 cm³/mol. The number of hydrogen-bond donors (Lipinski definition) is 1. The van der Waals surface area contributed by atoms with Crippen LogP contribution in [0.15, 0.2) is 47.8 Å². The smallest absolute Gasteiger partial charge is 0.261 e. The summed E-state index contributed by atoms with van der Waals surface area (Å²) in [5.74, 6) is 0.555. The summed E-state index contributed by atoms with van der Waals surface area (Å²) in [6.07, 6.45) is 1.97. The molecule has 3 atom stereocenters. The molecule has 1 saturated heterocycles. The Bertz CT molecular complexity index is 714. The fraction of sp³-hybridized carbons (Fsp3) is 0.333. The van der Waals surface area contributed by atoms with Crippen LogP contribution in [0.2, 0.25) is 0 Å². The second-order valence-electron chi connectivity index (χ2n) is 6.29. The van der Waals surface area contributed by atoms with Gasteiger partial charge in [-0.1, -0.05) is 24.3 Å². The van der Waals surface area contributed by atoms with E-state index in [0.717, 1.165) is 29.8 Å². The molecule has 2 bridgehead atoms. The Kier molecular flexibility index (Phi) is 3.65. The monoisotopic (exact) mass is 326 g/mol. The van der Waals surface area contributed by atoms with Crippen molar-refractivity contribution in [3.8, 4) is 0 Å². The number of rotatable bonds is 3. The van der Waals surface area contributed by atoms with Gasteiger partial charge in [-0.3, -0.25) is 9.59 Å². The minimum absolute atomic E-state index is 0.0235. The highest BCUT2D eigenvalue weighted by Gasteiger charge is 2.47. The van der Waals surface area contributed by atoms with E-state index in [-0.39, 0.29) is 23.9 Å². The Morgan fingerprint density at radius 3 is 2.61 bits per heavy atom. The first-order valence-electron chi connectivity index (χ1n) is 7.93. The number of hydrogen-bond acceptors (Lipinski definition) is 3. The molecule has 0 spiro atoms. The van der Waals surface area contributed by atoms with Gasteiger partial charge in [0.05, 0.1) is 10.9 Å². The van der Waals surface area contributed by atoms with Crippen molar-refractivity contribution >= 4 is 23.2 Å². The lowest BCUT2D eigenvalue weighted by Crippen LogP contribution is -2.51. The summed E-state index contributed by atoms with van der Waals surface area (Å²) < 4.78 is 0. The molecule has 1 aromatic heterocycles. The van der Waals surface area contributed by atoms with Crippen LogP contribution in [0.3, 0.4) is 0 Å². The van der Waals surface area contributed by atoms with Gasteiger partial charge in [0.15, 0.2) is 0 Å². The molecule has 23 heavy (non-hydrogen) atoms. The summed E-state index contributed by atoms with van der Waals surface area (Å²) >= 11 is 1.45. The van der Waals surface area contributed by atoms with Crippen molar-refractivity contribution in [3.05, 3.63) is 58.3 Å². The lowest BCUT2D eigenvalue weighted by atomic mass is 10.0. The summed E-state index contributed by atoms with van der Waals surface area (Å²) in [6, 6.07) is 13.3. The fourth-order valence-electron chi connectivity index (χ4n) is 3.81.